The van der Waals surface area contributed by atoms with Crippen LogP contribution in [-0.2, 0) is 28.6 Å². The average Bonchev–Trinajstić information content (AvgIpc) is 3.12. The Labute approximate surface area is 201 Å². The van der Waals surface area contributed by atoms with E-state index in [1.54, 1.807) is 6.07 Å². The number of rotatable bonds is 6. The van der Waals surface area contributed by atoms with Crippen LogP contribution in [0.4, 0.5) is 22.0 Å². The number of carbonyl (C=O) groups excluding carboxylic acids is 3. The second kappa shape index (κ2) is 9.25. The molecule has 2 heterocycles. The van der Waals surface area contributed by atoms with Crippen LogP contribution in [0.3, 0.4) is 0 Å². The number of fused-ring (bicyclic) bond motifs is 1. The van der Waals surface area contributed by atoms with Crippen LogP contribution >= 0.6 is 0 Å². The van der Waals surface area contributed by atoms with Crippen molar-refractivity contribution < 1.29 is 41.1 Å². The number of para-hydroxylation sites is 1. The Hall–Kier alpha value is -3.96. The van der Waals surface area contributed by atoms with Gasteiger partial charge in [-0.2, -0.15) is 8.78 Å². The Morgan fingerprint density at radius 1 is 1.14 bits per heavy atom. The molecule has 2 aliphatic heterocycles. The quantitative estimate of drug-likeness (QED) is 0.581. The van der Waals surface area contributed by atoms with E-state index in [-0.39, 0.29) is 24.9 Å². The lowest BCUT2D eigenvalue weighted by Gasteiger charge is -2.30. The van der Waals surface area contributed by atoms with Crippen molar-refractivity contribution in [2.24, 2.45) is 0 Å². The fourth-order valence-electron chi connectivity index (χ4n) is 4.17. The molecule has 7 nitrogen and oxygen atoms in total. The molecule has 2 aromatic rings. The topological polar surface area (TPSA) is 87.7 Å². The van der Waals surface area contributed by atoms with E-state index in [2.05, 4.69) is 16.6 Å². The normalized spacial score (nSPS) is 18.1. The van der Waals surface area contributed by atoms with Gasteiger partial charge in [-0.1, -0.05) is 30.8 Å². The predicted octanol–water partition coefficient (Wildman–Crippen LogP) is 3.74. The highest BCUT2D eigenvalue weighted by atomic mass is 19.4. The Morgan fingerprint density at radius 3 is 2.56 bits per heavy atom. The standard InChI is InChI=1S/C24H20F5N3O4/c1-13-6-9-18(20(33)31-13)32-12-15-10-14(7-8-16(15)21(32)34)11-30-22(35)23(25,26)17-4-2-3-5-19(17)36-24(27,28)29/h2-5,7-8,10,18H,1,6,9,11-12H2,(H,30,35)(H,31,33). The van der Waals surface area contributed by atoms with Gasteiger partial charge in [-0.3, -0.25) is 14.4 Å². The maximum absolute atomic E-state index is 14.7. The lowest BCUT2D eigenvalue weighted by atomic mass is 10.0. The summed E-state index contributed by atoms with van der Waals surface area (Å²) in [6.07, 6.45) is -4.27. The fourth-order valence-corrected chi connectivity index (χ4v) is 4.17. The molecule has 2 N–H and O–H groups in total. The Morgan fingerprint density at radius 2 is 1.86 bits per heavy atom. The SMILES string of the molecule is C=C1CCC(N2Cc3cc(CNC(=O)C(F)(F)c4ccccc4OC(F)(F)F)ccc3C2=O)C(=O)N1. The molecule has 0 saturated carbocycles. The summed E-state index contributed by atoms with van der Waals surface area (Å²) >= 11 is 0. The number of alkyl halides is 5. The number of piperidine rings is 1. The molecule has 4 rings (SSSR count). The molecule has 2 aliphatic rings. The molecule has 0 aliphatic carbocycles. The van der Waals surface area contributed by atoms with Gasteiger partial charge in [0.2, 0.25) is 5.91 Å². The lowest BCUT2D eigenvalue weighted by Crippen LogP contribution is -2.49. The number of hydrogen-bond donors (Lipinski definition) is 2. The minimum absolute atomic E-state index is 0.124. The number of hydrogen-bond acceptors (Lipinski definition) is 4. The first-order valence-corrected chi connectivity index (χ1v) is 10.8. The number of carbonyl (C=O) groups is 3. The van der Waals surface area contributed by atoms with Crippen LogP contribution in [0.1, 0.15) is 39.9 Å². The first-order valence-electron chi connectivity index (χ1n) is 10.8. The predicted molar refractivity (Wildman–Crippen MR) is 115 cm³/mol. The third-order valence-corrected chi connectivity index (χ3v) is 5.89. The summed E-state index contributed by atoms with van der Waals surface area (Å²) in [5.41, 5.74) is 0.630. The summed E-state index contributed by atoms with van der Waals surface area (Å²) in [5.74, 6) is -8.00. The molecule has 1 fully saturated rings. The van der Waals surface area contributed by atoms with Crippen LogP contribution in [-0.4, -0.2) is 35.0 Å². The molecule has 12 heteroatoms. The van der Waals surface area contributed by atoms with E-state index in [1.165, 1.54) is 17.0 Å². The summed E-state index contributed by atoms with van der Waals surface area (Å²) in [6, 6.07) is 7.31. The first kappa shape index (κ1) is 25.1. The highest BCUT2D eigenvalue weighted by molar-refractivity contribution is 6.01. The van der Waals surface area contributed by atoms with Crippen molar-refractivity contribution in [3.8, 4) is 5.75 Å². The van der Waals surface area contributed by atoms with E-state index in [0.717, 1.165) is 12.1 Å². The van der Waals surface area contributed by atoms with E-state index in [0.29, 0.717) is 47.4 Å². The smallest absolute Gasteiger partial charge is 0.405 e. The van der Waals surface area contributed by atoms with Crippen LogP contribution in [0.5, 0.6) is 5.75 Å². The van der Waals surface area contributed by atoms with Gasteiger partial charge in [0.05, 0.1) is 5.56 Å². The summed E-state index contributed by atoms with van der Waals surface area (Å²) in [4.78, 5) is 38.7. The van der Waals surface area contributed by atoms with Gasteiger partial charge in [0, 0.05) is 24.4 Å². The molecule has 0 radical (unpaired) electrons. The second-order valence-corrected chi connectivity index (χ2v) is 8.37. The van der Waals surface area contributed by atoms with Crippen LogP contribution in [0.15, 0.2) is 54.7 Å². The van der Waals surface area contributed by atoms with E-state index >= 15 is 0 Å². The fraction of sp³-hybridized carbons (Fsp3) is 0.292. The summed E-state index contributed by atoms with van der Waals surface area (Å²) < 4.78 is 70.8. The molecule has 3 amide bonds. The van der Waals surface area contributed by atoms with Crippen molar-refractivity contribution in [2.75, 3.05) is 0 Å². The van der Waals surface area contributed by atoms with Crippen molar-refractivity contribution in [1.29, 1.82) is 0 Å². The molecule has 36 heavy (non-hydrogen) atoms. The largest absolute Gasteiger partial charge is 0.573 e. The second-order valence-electron chi connectivity index (χ2n) is 8.37. The summed E-state index contributed by atoms with van der Waals surface area (Å²) in [5, 5.41) is 4.64. The average molecular weight is 509 g/mol. The number of ether oxygens (including phenoxy) is 1. The summed E-state index contributed by atoms with van der Waals surface area (Å²) in [6.45, 7) is 3.46. The van der Waals surface area contributed by atoms with Gasteiger partial charge in [0.15, 0.2) is 0 Å². The third-order valence-electron chi connectivity index (χ3n) is 5.89. The Balaban J connectivity index is 1.45. The van der Waals surface area contributed by atoms with Crippen molar-refractivity contribution >= 4 is 17.7 Å². The number of benzene rings is 2. The first-order chi connectivity index (χ1) is 16.9. The zero-order chi connectivity index (χ0) is 26.3. The molecule has 2 aromatic carbocycles. The highest BCUT2D eigenvalue weighted by Gasteiger charge is 2.45. The zero-order valence-electron chi connectivity index (χ0n) is 18.6. The van der Waals surface area contributed by atoms with Gasteiger partial charge in [-0.15, -0.1) is 13.2 Å². The van der Waals surface area contributed by atoms with Crippen LogP contribution in [0.25, 0.3) is 0 Å². The summed E-state index contributed by atoms with van der Waals surface area (Å²) in [7, 11) is 0. The molecule has 0 bridgehead atoms. The number of halogens is 5. The van der Waals surface area contributed by atoms with E-state index in [1.807, 2.05) is 5.32 Å². The van der Waals surface area contributed by atoms with Gasteiger partial charge >= 0.3 is 12.3 Å². The van der Waals surface area contributed by atoms with Gasteiger partial charge in [-0.25, -0.2) is 0 Å². The Kier molecular flexibility index (Phi) is 6.46. The molecular formula is C24H20F5N3O4. The minimum atomic E-state index is -5.22. The van der Waals surface area contributed by atoms with E-state index in [4.69, 9.17) is 0 Å². The van der Waals surface area contributed by atoms with E-state index < -0.39 is 35.5 Å². The van der Waals surface area contributed by atoms with Crippen LogP contribution < -0.4 is 15.4 Å². The molecule has 1 unspecified atom stereocenters. The molecule has 0 spiro atoms. The zero-order valence-corrected chi connectivity index (χ0v) is 18.6. The van der Waals surface area contributed by atoms with Gasteiger partial charge in [-0.05, 0) is 42.2 Å². The van der Waals surface area contributed by atoms with Crippen molar-refractivity contribution in [1.82, 2.24) is 15.5 Å². The van der Waals surface area contributed by atoms with Crippen LogP contribution in [0.2, 0.25) is 0 Å². The highest BCUT2D eigenvalue weighted by Crippen LogP contribution is 2.37. The van der Waals surface area contributed by atoms with Gasteiger partial charge in [0.1, 0.15) is 11.8 Å². The van der Waals surface area contributed by atoms with Crippen LogP contribution in [0, 0.1) is 0 Å². The molecule has 0 aromatic heterocycles. The maximum Gasteiger partial charge on any atom is 0.573 e. The van der Waals surface area contributed by atoms with Crippen molar-refractivity contribution in [3.05, 3.63) is 77.0 Å². The number of nitrogens with one attached hydrogen (secondary N) is 2. The van der Waals surface area contributed by atoms with Crippen molar-refractivity contribution in [3.63, 3.8) is 0 Å². The molecule has 1 atom stereocenters. The van der Waals surface area contributed by atoms with Crippen molar-refractivity contribution in [2.45, 2.75) is 44.3 Å². The Bertz CT molecular complexity index is 1240. The minimum Gasteiger partial charge on any atom is -0.405 e. The number of amides is 3. The maximum atomic E-state index is 14.7. The monoisotopic (exact) mass is 509 g/mol. The lowest BCUT2D eigenvalue weighted by molar-refractivity contribution is -0.275. The molecular weight excluding hydrogens is 489 g/mol. The molecule has 190 valence electrons. The van der Waals surface area contributed by atoms with Gasteiger partial charge < -0.3 is 20.3 Å². The molecule has 1 saturated heterocycles. The third kappa shape index (κ3) is 5.02. The van der Waals surface area contributed by atoms with Gasteiger partial charge in [0.25, 0.3) is 11.8 Å². The number of nitrogens with zero attached hydrogens (tertiary/aromatic N) is 1. The van der Waals surface area contributed by atoms with E-state index in [9.17, 15) is 36.3 Å². The number of allylic oxidation sites excluding steroid dienone is 1.